The molecule has 2 unspecified atom stereocenters. The first-order chi connectivity index (χ1) is 8.67. The molecule has 0 spiro atoms. The summed E-state index contributed by atoms with van der Waals surface area (Å²) in [7, 11) is 0.500. The average Bonchev–Trinajstić information content (AvgIpc) is 3.08. The highest BCUT2D eigenvalue weighted by molar-refractivity contribution is 5.02. The van der Waals surface area contributed by atoms with E-state index in [9.17, 15) is 8.78 Å². The number of halogens is 2. The van der Waals surface area contributed by atoms with Crippen molar-refractivity contribution in [3.05, 3.63) is 23.8 Å². The predicted octanol–water partition coefficient (Wildman–Crippen LogP) is 4.08. The summed E-state index contributed by atoms with van der Waals surface area (Å²) >= 11 is 0. The molecule has 0 radical (unpaired) electrons. The summed E-state index contributed by atoms with van der Waals surface area (Å²) in [4.78, 5) is 8.36. The largest absolute Gasteiger partial charge is 0.258 e. The first-order valence-corrected chi connectivity index (χ1v) is 6.46. The molecule has 2 atom stereocenters. The van der Waals surface area contributed by atoms with Crippen LogP contribution >= 0.6 is 0 Å². The number of nitrogens with zero attached hydrogens (tertiary/aromatic N) is 2. The maximum atomic E-state index is 12.5. The summed E-state index contributed by atoms with van der Waals surface area (Å²) < 4.78 is 22.0. The molecule has 1 fully saturated rings. The first-order valence-electron chi connectivity index (χ1n) is 6.46. The molecule has 4 heteroatoms. The minimum Gasteiger partial charge on any atom is -0.258 e. The minimum absolute atomic E-state index is 0.295. The Labute approximate surface area is 109 Å². The maximum Gasteiger partial charge on any atom is 0.103 e. The number of aromatic nitrogens is 2. The van der Waals surface area contributed by atoms with E-state index in [4.69, 9.17) is 0 Å². The van der Waals surface area contributed by atoms with E-state index in [0.29, 0.717) is 13.1 Å². The zero-order chi connectivity index (χ0) is 14.0. The fraction of sp³-hybridized carbons (Fsp3) is 0.714. The van der Waals surface area contributed by atoms with Gasteiger partial charge in [-0.1, -0.05) is 20.3 Å². The van der Waals surface area contributed by atoms with Crippen molar-refractivity contribution in [3.63, 3.8) is 0 Å². The number of alkyl halides is 2. The molecule has 1 aliphatic rings. The van der Waals surface area contributed by atoms with Gasteiger partial charge in [0.25, 0.3) is 0 Å². The molecule has 1 aromatic heterocycles. The van der Waals surface area contributed by atoms with Crippen LogP contribution in [0.25, 0.3) is 0 Å². The Balaban J connectivity index is 0.000000509. The topological polar surface area (TPSA) is 25.8 Å². The SMILES string of the molecule is CCC.CF.Cc1cnc(CCC2CC2F)cn1. The summed E-state index contributed by atoms with van der Waals surface area (Å²) in [5, 5.41) is 0. The Morgan fingerprint density at radius 3 is 2.17 bits per heavy atom. The molecule has 0 N–H and O–H groups in total. The van der Waals surface area contributed by atoms with Gasteiger partial charge >= 0.3 is 0 Å². The molecule has 1 saturated carbocycles. The molecule has 0 amide bonds. The van der Waals surface area contributed by atoms with Crippen LogP contribution in [0, 0.1) is 12.8 Å². The lowest BCUT2D eigenvalue weighted by atomic mass is 10.2. The van der Waals surface area contributed by atoms with Crippen LogP contribution in [0.1, 0.15) is 44.5 Å². The van der Waals surface area contributed by atoms with Crippen molar-refractivity contribution in [2.45, 2.75) is 52.6 Å². The summed E-state index contributed by atoms with van der Waals surface area (Å²) in [6.07, 6.45) is 6.77. The van der Waals surface area contributed by atoms with Crippen LogP contribution in [0.15, 0.2) is 12.4 Å². The normalized spacial score (nSPS) is 20.1. The van der Waals surface area contributed by atoms with E-state index in [2.05, 4.69) is 23.8 Å². The maximum absolute atomic E-state index is 12.5. The third kappa shape index (κ3) is 7.30. The quantitative estimate of drug-likeness (QED) is 0.816. The second-order valence-corrected chi connectivity index (χ2v) is 4.41. The molecule has 0 bridgehead atoms. The van der Waals surface area contributed by atoms with Gasteiger partial charge in [0.15, 0.2) is 0 Å². The van der Waals surface area contributed by atoms with Crippen LogP contribution in [0.4, 0.5) is 8.78 Å². The van der Waals surface area contributed by atoms with Gasteiger partial charge in [0.2, 0.25) is 0 Å². The molecule has 2 nitrogen and oxygen atoms in total. The Morgan fingerprint density at radius 1 is 1.22 bits per heavy atom. The first kappa shape index (κ1) is 16.9. The highest BCUT2D eigenvalue weighted by Gasteiger charge is 2.36. The van der Waals surface area contributed by atoms with Crippen molar-refractivity contribution >= 4 is 0 Å². The van der Waals surface area contributed by atoms with Gasteiger partial charge < -0.3 is 0 Å². The van der Waals surface area contributed by atoms with Crippen molar-refractivity contribution in [2.24, 2.45) is 5.92 Å². The molecule has 0 aromatic carbocycles. The van der Waals surface area contributed by atoms with E-state index in [1.165, 1.54) is 6.42 Å². The number of rotatable bonds is 3. The standard InChI is InChI=1S/C10H13FN2.C3H8.CH3F/c1-7-5-13-9(6-12-7)3-2-8-4-10(8)11;1-3-2;1-2/h5-6,8,10H,2-4H2,1H3;3H2,1-2H3;1H3. The number of hydrogen-bond acceptors (Lipinski definition) is 2. The highest BCUT2D eigenvalue weighted by Crippen LogP contribution is 2.37. The van der Waals surface area contributed by atoms with Crippen LogP contribution in [0.2, 0.25) is 0 Å². The lowest BCUT2D eigenvalue weighted by molar-refractivity contribution is 0.437. The van der Waals surface area contributed by atoms with E-state index in [1.54, 1.807) is 12.4 Å². The van der Waals surface area contributed by atoms with Crippen LogP contribution in [-0.4, -0.2) is 23.3 Å². The number of hydrogen-bond donors (Lipinski definition) is 0. The zero-order valence-corrected chi connectivity index (χ0v) is 11.8. The van der Waals surface area contributed by atoms with Gasteiger partial charge in [0.05, 0.1) is 18.6 Å². The van der Waals surface area contributed by atoms with Crippen LogP contribution in [0.3, 0.4) is 0 Å². The molecule has 0 saturated heterocycles. The van der Waals surface area contributed by atoms with Gasteiger partial charge in [-0.05, 0) is 32.1 Å². The lowest BCUT2D eigenvalue weighted by Gasteiger charge is -1.98. The molecule has 104 valence electrons. The summed E-state index contributed by atoms with van der Waals surface area (Å²) in [5.74, 6) is 0.295. The molecule has 1 heterocycles. The average molecular weight is 258 g/mol. The van der Waals surface area contributed by atoms with E-state index in [1.807, 2.05) is 6.92 Å². The molecule has 1 aromatic rings. The fourth-order valence-corrected chi connectivity index (χ4v) is 1.39. The summed E-state index contributed by atoms with van der Waals surface area (Å²) in [5.41, 5.74) is 1.91. The van der Waals surface area contributed by atoms with Crippen molar-refractivity contribution in [1.82, 2.24) is 9.97 Å². The van der Waals surface area contributed by atoms with E-state index >= 15 is 0 Å². The Bertz CT molecular complexity index is 301. The van der Waals surface area contributed by atoms with Crippen molar-refractivity contribution in [2.75, 3.05) is 7.18 Å². The van der Waals surface area contributed by atoms with Crippen LogP contribution in [0.5, 0.6) is 0 Å². The van der Waals surface area contributed by atoms with Gasteiger partial charge in [0, 0.05) is 12.4 Å². The van der Waals surface area contributed by atoms with Crippen LogP contribution < -0.4 is 0 Å². The van der Waals surface area contributed by atoms with Gasteiger partial charge in [-0.3, -0.25) is 14.4 Å². The molecular weight excluding hydrogens is 234 g/mol. The second kappa shape index (κ2) is 9.92. The van der Waals surface area contributed by atoms with E-state index in [-0.39, 0.29) is 0 Å². The fourth-order valence-electron chi connectivity index (χ4n) is 1.39. The van der Waals surface area contributed by atoms with Gasteiger partial charge in [0.1, 0.15) is 6.17 Å². The van der Waals surface area contributed by atoms with Crippen molar-refractivity contribution in [3.8, 4) is 0 Å². The molecular formula is C14H24F2N2. The highest BCUT2D eigenvalue weighted by atomic mass is 19.1. The minimum atomic E-state index is -0.543. The van der Waals surface area contributed by atoms with Gasteiger partial charge in [-0.25, -0.2) is 4.39 Å². The summed E-state index contributed by atoms with van der Waals surface area (Å²) in [6.45, 7) is 6.16. The zero-order valence-electron chi connectivity index (χ0n) is 11.8. The molecule has 0 aliphatic heterocycles. The second-order valence-electron chi connectivity index (χ2n) is 4.41. The van der Waals surface area contributed by atoms with Crippen LogP contribution in [-0.2, 0) is 6.42 Å². The third-order valence-electron chi connectivity index (χ3n) is 2.44. The monoisotopic (exact) mass is 258 g/mol. The Hall–Kier alpha value is -1.06. The predicted molar refractivity (Wildman–Crippen MR) is 71.1 cm³/mol. The molecule has 2 rings (SSSR count). The molecule has 1 aliphatic carbocycles. The Kier molecular flexibility index (Phi) is 9.33. The van der Waals surface area contributed by atoms with Gasteiger partial charge in [-0.2, -0.15) is 0 Å². The number of aryl methyl sites for hydroxylation is 2. The lowest BCUT2D eigenvalue weighted by Crippen LogP contribution is -1.94. The van der Waals surface area contributed by atoms with E-state index < -0.39 is 6.17 Å². The summed E-state index contributed by atoms with van der Waals surface area (Å²) in [6, 6.07) is 0. The van der Waals surface area contributed by atoms with Crippen molar-refractivity contribution < 1.29 is 8.78 Å². The van der Waals surface area contributed by atoms with Crippen molar-refractivity contribution in [1.29, 1.82) is 0 Å². The third-order valence-corrected chi connectivity index (χ3v) is 2.44. The van der Waals surface area contributed by atoms with E-state index in [0.717, 1.165) is 30.7 Å². The molecule has 18 heavy (non-hydrogen) atoms. The van der Waals surface area contributed by atoms with Gasteiger partial charge in [-0.15, -0.1) is 0 Å². The smallest absolute Gasteiger partial charge is 0.103 e. The Morgan fingerprint density at radius 2 is 1.78 bits per heavy atom.